The lowest BCUT2D eigenvalue weighted by molar-refractivity contribution is -0.190. The highest BCUT2D eigenvalue weighted by atomic mass is 19.4. The van der Waals surface area contributed by atoms with Gasteiger partial charge in [0.25, 0.3) is 5.91 Å². The average Bonchev–Trinajstić information content (AvgIpc) is 2.55. The van der Waals surface area contributed by atoms with E-state index in [1.54, 1.807) is 0 Å². The number of halogens is 3. The summed E-state index contributed by atoms with van der Waals surface area (Å²) in [7, 11) is 0. The fourth-order valence-corrected chi connectivity index (χ4v) is 2.14. The molecular weight excluding hydrogens is 327 g/mol. The van der Waals surface area contributed by atoms with Crippen LogP contribution in [0.15, 0.2) is 18.3 Å². The Bertz CT molecular complexity index is 548. The summed E-state index contributed by atoms with van der Waals surface area (Å²) in [6, 6.07) is 2.86. The van der Waals surface area contributed by atoms with E-state index in [9.17, 15) is 18.0 Å². The maximum atomic E-state index is 12.6. The quantitative estimate of drug-likeness (QED) is 0.844. The first-order valence-corrected chi connectivity index (χ1v) is 7.64. The highest BCUT2D eigenvalue weighted by Crippen LogP contribution is 2.25. The van der Waals surface area contributed by atoms with E-state index in [2.05, 4.69) is 15.2 Å². The molecule has 0 aromatic carbocycles. The van der Waals surface area contributed by atoms with Crippen molar-refractivity contribution in [2.45, 2.75) is 19.2 Å². The molecule has 1 atom stereocenters. The van der Waals surface area contributed by atoms with Crippen molar-refractivity contribution in [2.75, 3.05) is 39.4 Å². The number of pyridine rings is 1. The van der Waals surface area contributed by atoms with Crippen molar-refractivity contribution in [2.24, 2.45) is 0 Å². The number of hydrogen-bond acceptors (Lipinski definition) is 5. The zero-order valence-electron chi connectivity index (χ0n) is 13.3. The fourth-order valence-electron chi connectivity index (χ4n) is 2.14. The lowest BCUT2D eigenvalue weighted by Crippen LogP contribution is -2.41. The van der Waals surface area contributed by atoms with Crippen LogP contribution >= 0.6 is 0 Å². The van der Waals surface area contributed by atoms with Crippen LogP contribution in [-0.2, 0) is 4.74 Å². The molecule has 134 valence electrons. The predicted octanol–water partition coefficient (Wildman–Crippen LogP) is 1.47. The van der Waals surface area contributed by atoms with Crippen molar-refractivity contribution in [1.82, 2.24) is 15.2 Å². The highest BCUT2D eigenvalue weighted by molar-refractivity contribution is 5.96. The van der Waals surface area contributed by atoms with Gasteiger partial charge in [-0.05, 0) is 19.1 Å². The Kier molecular flexibility index (Phi) is 6.38. The van der Waals surface area contributed by atoms with Gasteiger partial charge < -0.3 is 14.8 Å². The summed E-state index contributed by atoms with van der Waals surface area (Å²) in [6.45, 7) is 4.79. The molecule has 0 unspecified atom stereocenters. The normalized spacial score (nSPS) is 17.3. The van der Waals surface area contributed by atoms with Crippen molar-refractivity contribution in [3.63, 3.8) is 0 Å². The van der Waals surface area contributed by atoms with E-state index < -0.39 is 18.2 Å². The summed E-state index contributed by atoms with van der Waals surface area (Å²) in [6.07, 6.45) is -5.29. The van der Waals surface area contributed by atoms with Gasteiger partial charge in [0.1, 0.15) is 5.56 Å². The number of hydrogen-bond donors (Lipinski definition) is 1. The van der Waals surface area contributed by atoms with Gasteiger partial charge in [0, 0.05) is 32.4 Å². The van der Waals surface area contributed by atoms with Crippen LogP contribution in [0.3, 0.4) is 0 Å². The zero-order chi connectivity index (χ0) is 17.6. The number of ether oxygens (including phenoxy) is 2. The van der Waals surface area contributed by atoms with Gasteiger partial charge in [-0.2, -0.15) is 13.2 Å². The first-order chi connectivity index (χ1) is 11.4. The van der Waals surface area contributed by atoms with Crippen LogP contribution in [-0.4, -0.2) is 67.5 Å². The molecular formula is C15H20F3N3O3. The van der Waals surface area contributed by atoms with Crippen LogP contribution in [0.4, 0.5) is 13.2 Å². The van der Waals surface area contributed by atoms with E-state index in [0.717, 1.165) is 20.0 Å². The molecule has 1 N–H and O–H groups in total. The van der Waals surface area contributed by atoms with Crippen LogP contribution in [0, 0.1) is 0 Å². The minimum atomic E-state index is -4.53. The molecule has 6 nitrogen and oxygen atoms in total. The molecule has 1 aromatic rings. The van der Waals surface area contributed by atoms with Crippen molar-refractivity contribution in [1.29, 1.82) is 0 Å². The number of rotatable bonds is 6. The minimum Gasteiger partial charge on any atom is -0.464 e. The number of nitrogens with one attached hydrogen (secondary N) is 1. The largest absolute Gasteiger partial charge is 0.464 e. The Hall–Kier alpha value is -1.87. The third-order valence-corrected chi connectivity index (χ3v) is 3.58. The second kappa shape index (κ2) is 8.29. The van der Waals surface area contributed by atoms with Gasteiger partial charge in [-0.25, -0.2) is 4.98 Å². The first-order valence-electron chi connectivity index (χ1n) is 7.64. The van der Waals surface area contributed by atoms with E-state index in [1.165, 1.54) is 18.3 Å². The molecule has 1 aliphatic rings. The third kappa shape index (κ3) is 5.34. The van der Waals surface area contributed by atoms with E-state index in [0.29, 0.717) is 26.3 Å². The number of amides is 1. The molecule has 0 radical (unpaired) electrons. The topological polar surface area (TPSA) is 63.7 Å². The summed E-state index contributed by atoms with van der Waals surface area (Å²) >= 11 is 0. The average molecular weight is 347 g/mol. The van der Waals surface area contributed by atoms with Crippen LogP contribution in [0.5, 0.6) is 5.88 Å². The predicted molar refractivity (Wildman–Crippen MR) is 80.0 cm³/mol. The molecule has 9 heteroatoms. The number of carbonyl (C=O) groups excluding carboxylic acids is 1. The monoisotopic (exact) mass is 347 g/mol. The maximum absolute atomic E-state index is 12.6. The van der Waals surface area contributed by atoms with E-state index >= 15 is 0 Å². The maximum Gasteiger partial charge on any atom is 0.425 e. The fraction of sp³-hybridized carbons (Fsp3) is 0.600. The van der Waals surface area contributed by atoms with E-state index in [-0.39, 0.29) is 11.4 Å². The molecule has 1 aliphatic heterocycles. The molecule has 0 aliphatic carbocycles. The standard InChI is InChI=1S/C15H20F3N3O3/c1-11(15(16,17)18)24-14-12(3-2-4-20-14)13(22)19-5-6-21-7-9-23-10-8-21/h2-4,11H,5-10H2,1H3,(H,19,22)/t11-/m0/s1. The van der Waals surface area contributed by atoms with Gasteiger partial charge >= 0.3 is 6.18 Å². The van der Waals surface area contributed by atoms with Crippen LogP contribution in [0.25, 0.3) is 0 Å². The van der Waals surface area contributed by atoms with Gasteiger partial charge in [0.2, 0.25) is 5.88 Å². The first kappa shape index (κ1) is 18.5. The second-order valence-corrected chi connectivity index (χ2v) is 5.37. The van der Waals surface area contributed by atoms with Gasteiger partial charge in [-0.15, -0.1) is 0 Å². The molecule has 24 heavy (non-hydrogen) atoms. The number of aromatic nitrogens is 1. The molecule has 0 spiro atoms. The number of alkyl halides is 3. The Morgan fingerprint density at radius 2 is 2.17 bits per heavy atom. The van der Waals surface area contributed by atoms with Gasteiger partial charge in [-0.1, -0.05) is 0 Å². The highest BCUT2D eigenvalue weighted by Gasteiger charge is 2.38. The van der Waals surface area contributed by atoms with Crippen LogP contribution in [0.2, 0.25) is 0 Å². The van der Waals surface area contributed by atoms with Gasteiger partial charge in [-0.3, -0.25) is 9.69 Å². The Morgan fingerprint density at radius 1 is 1.46 bits per heavy atom. The van der Waals surface area contributed by atoms with Gasteiger partial charge in [0.15, 0.2) is 6.10 Å². The number of morpholine rings is 1. The third-order valence-electron chi connectivity index (χ3n) is 3.58. The lowest BCUT2D eigenvalue weighted by atomic mass is 10.2. The summed E-state index contributed by atoms with van der Waals surface area (Å²) in [4.78, 5) is 18.1. The molecule has 2 heterocycles. The van der Waals surface area contributed by atoms with Crippen molar-refractivity contribution in [3.05, 3.63) is 23.9 Å². The number of carbonyl (C=O) groups is 1. The van der Waals surface area contributed by atoms with Crippen LogP contribution in [0.1, 0.15) is 17.3 Å². The zero-order valence-corrected chi connectivity index (χ0v) is 13.3. The van der Waals surface area contributed by atoms with Crippen LogP contribution < -0.4 is 10.1 Å². The minimum absolute atomic E-state index is 0.0180. The van der Waals surface area contributed by atoms with E-state index in [1.807, 2.05) is 0 Å². The molecule has 1 amide bonds. The smallest absolute Gasteiger partial charge is 0.425 e. The summed E-state index contributed by atoms with van der Waals surface area (Å²) in [5.74, 6) is -0.841. The second-order valence-electron chi connectivity index (χ2n) is 5.37. The van der Waals surface area contributed by atoms with Crippen molar-refractivity contribution in [3.8, 4) is 5.88 Å². The molecule has 0 bridgehead atoms. The summed E-state index contributed by atoms with van der Waals surface area (Å²) in [5.41, 5.74) is -0.0180. The number of nitrogens with zero attached hydrogens (tertiary/aromatic N) is 2. The molecule has 1 fully saturated rings. The Balaban J connectivity index is 1.91. The molecule has 1 aromatic heterocycles. The SMILES string of the molecule is C[C@H](Oc1ncccc1C(=O)NCCN1CCOCC1)C(F)(F)F. The van der Waals surface area contributed by atoms with E-state index in [4.69, 9.17) is 9.47 Å². The lowest BCUT2D eigenvalue weighted by Gasteiger charge is -2.26. The Labute approximate surface area is 137 Å². The van der Waals surface area contributed by atoms with Gasteiger partial charge in [0.05, 0.1) is 13.2 Å². The summed E-state index contributed by atoms with van der Waals surface area (Å²) in [5, 5.41) is 2.68. The molecule has 0 saturated carbocycles. The van der Waals surface area contributed by atoms with Crippen molar-refractivity contribution < 1.29 is 27.4 Å². The molecule has 1 saturated heterocycles. The van der Waals surface area contributed by atoms with Crippen molar-refractivity contribution >= 4 is 5.91 Å². The summed E-state index contributed by atoms with van der Waals surface area (Å²) < 4.78 is 47.9. The molecule has 2 rings (SSSR count). The Morgan fingerprint density at radius 3 is 2.83 bits per heavy atom.